The highest BCUT2D eigenvalue weighted by Crippen LogP contribution is 2.18. The maximum atomic E-state index is 9.99. The first-order valence-corrected chi connectivity index (χ1v) is 5.51. The van der Waals surface area contributed by atoms with Gasteiger partial charge in [-0.1, -0.05) is 12.1 Å². The second kappa shape index (κ2) is 4.64. The minimum absolute atomic E-state index is 0.385. The van der Waals surface area contributed by atoms with Gasteiger partial charge >= 0.3 is 0 Å². The Bertz CT molecular complexity index is 304. The largest absolute Gasteiger partial charge is 0.399 e. The van der Waals surface area contributed by atoms with Gasteiger partial charge in [-0.15, -0.1) is 0 Å². The molecule has 82 valence electrons. The van der Waals surface area contributed by atoms with E-state index in [0.29, 0.717) is 0 Å². The van der Waals surface area contributed by atoms with E-state index in [9.17, 15) is 5.11 Å². The van der Waals surface area contributed by atoms with Gasteiger partial charge in [0, 0.05) is 12.2 Å². The van der Waals surface area contributed by atoms with Crippen LogP contribution in [0.1, 0.15) is 24.5 Å². The summed E-state index contributed by atoms with van der Waals surface area (Å²) in [4.78, 5) is 2.31. The number of aliphatic hydroxyl groups is 1. The molecule has 1 saturated heterocycles. The predicted molar refractivity (Wildman–Crippen MR) is 61.5 cm³/mol. The lowest BCUT2D eigenvalue weighted by Crippen LogP contribution is -2.25. The Morgan fingerprint density at radius 3 is 2.40 bits per heavy atom. The third-order valence-corrected chi connectivity index (χ3v) is 2.95. The molecule has 0 aliphatic carbocycles. The normalized spacial score (nSPS) is 19.3. The highest BCUT2D eigenvalue weighted by atomic mass is 16.3. The van der Waals surface area contributed by atoms with E-state index in [1.807, 2.05) is 24.3 Å². The van der Waals surface area contributed by atoms with Crippen LogP contribution < -0.4 is 5.73 Å². The SMILES string of the molecule is Nc1ccc(C(O)CN2CCCC2)cc1. The van der Waals surface area contributed by atoms with E-state index in [1.165, 1.54) is 12.8 Å². The molecule has 1 aromatic carbocycles. The van der Waals surface area contributed by atoms with Crippen LogP contribution in [0, 0.1) is 0 Å². The van der Waals surface area contributed by atoms with Gasteiger partial charge in [-0.2, -0.15) is 0 Å². The summed E-state index contributed by atoms with van der Waals surface area (Å²) in [5.74, 6) is 0. The topological polar surface area (TPSA) is 49.5 Å². The lowest BCUT2D eigenvalue weighted by atomic mass is 10.1. The summed E-state index contributed by atoms with van der Waals surface area (Å²) >= 11 is 0. The van der Waals surface area contributed by atoms with Gasteiger partial charge in [-0.25, -0.2) is 0 Å². The van der Waals surface area contributed by atoms with Gasteiger partial charge in [-0.3, -0.25) is 0 Å². The fourth-order valence-corrected chi connectivity index (χ4v) is 2.03. The maximum absolute atomic E-state index is 9.99. The number of likely N-dealkylation sites (tertiary alicyclic amines) is 1. The molecule has 0 amide bonds. The number of nitrogen functional groups attached to an aromatic ring is 1. The van der Waals surface area contributed by atoms with Crippen LogP contribution in [-0.2, 0) is 0 Å². The van der Waals surface area contributed by atoms with Crippen LogP contribution in [-0.4, -0.2) is 29.6 Å². The Morgan fingerprint density at radius 1 is 1.20 bits per heavy atom. The van der Waals surface area contributed by atoms with E-state index in [4.69, 9.17) is 5.73 Å². The van der Waals surface area contributed by atoms with Gasteiger partial charge < -0.3 is 15.7 Å². The Balaban J connectivity index is 1.94. The number of β-amino-alcohol motifs (C(OH)–C–C–N with tert-alkyl or cyclic N) is 1. The molecule has 1 atom stereocenters. The minimum Gasteiger partial charge on any atom is -0.399 e. The van der Waals surface area contributed by atoms with Crippen LogP contribution in [0.4, 0.5) is 5.69 Å². The van der Waals surface area contributed by atoms with Gasteiger partial charge in [0.2, 0.25) is 0 Å². The second-order valence-electron chi connectivity index (χ2n) is 4.19. The number of anilines is 1. The number of hydrogen-bond acceptors (Lipinski definition) is 3. The third-order valence-electron chi connectivity index (χ3n) is 2.95. The van der Waals surface area contributed by atoms with Crippen LogP contribution in [0.2, 0.25) is 0 Å². The molecule has 0 spiro atoms. The molecule has 0 bridgehead atoms. The van der Waals surface area contributed by atoms with Gasteiger partial charge in [0.15, 0.2) is 0 Å². The van der Waals surface area contributed by atoms with Crippen molar-refractivity contribution in [2.24, 2.45) is 0 Å². The fourth-order valence-electron chi connectivity index (χ4n) is 2.03. The van der Waals surface area contributed by atoms with Crippen LogP contribution in [0.25, 0.3) is 0 Å². The summed E-state index contributed by atoms with van der Waals surface area (Å²) in [6, 6.07) is 7.47. The van der Waals surface area contributed by atoms with Crippen molar-refractivity contribution >= 4 is 5.69 Å². The standard InChI is InChI=1S/C12H18N2O/c13-11-5-3-10(4-6-11)12(15)9-14-7-1-2-8-14/h3-6,12,15H,1-2,7-9,13H2. The first-order valence-electron chi connectivity index (χ1n) is 5.51. The number of nitrogens with two attached hydrogens (primary N) is 1. The molecule has 2 rings (SSSR count). The average molecular weight is 206 g/mol. The molecule has 1 aliphatic heterocycles. The summed E-state index contributed by atoms with van der Waals surface area (Å²) in [7, 11) is 0. The smallest absolute Gasteiger partial charge is 0.0916 e. The molecule has 3 nitrogen and oxygen atoms in total. The van der Waals surface area contributed by atoms with Crippen LogP contribution >= 0.6 is 0 Å². The zero-order chi connectivity index (χ0) is 10.7. The molecule has 0 radical (unpaired) electrons. The van der Waals surface area contributed by atoms with Crippen LogP contribution in [0.3, 0.4) is 0 Å². The molecule has 3 heteroatoms. The van der Waals surface area contributed by atoms with E-state index < -0.39 is 0 Å². The minimum atomic E-state index is -0.385. The summed E-state index contributed by atoms with van der Waals surface area (Å²) < 4.78 is 0. The molecular weight excluding hydrogens is 188 g/mol. The second-order valence-corrected chi connectivity index (χ2v) is 4.19. The van der Waals surface area contributed by atoms with Crippen molar-refractivity contribution in [1.29, 1.82) is 0 Å². The number of hydrogen-bond donors (Lipinski definition) is 2. The summed E-state index contributed by atoms with van der Waals surface area (Å²) in [6.45, 7) is 2.97. The van der Waals surface area contributed by atoms with E-state index >= 15 is 0 Å². The molecule has 1 heterocycles. The van der Waals surface area contributed by atoms with Crippen molar-refractivity contribution in [3.8, 4) is 0 Å². The van der Waals surface area contributed by atoms with Crippen molar-refractivity contribution in [2.45, 2.75) is 18.9 Å². The zero-order valence-corrected chi connectivity index (χ0v) is 8.89. The van der Waals surface area contributed by atoms with Gasteiger partial charge in [0.05, 0.1) is 6.10 Å². The van der Waals surface area contributed by atoms with E-state index in [0.717, 1.165) is 30.9 Å². The van der Waals surface area contributed by atoms with Gasteiger partial charge in [0.25, 0.3) is 0 Å². The molecular formula is C12H18N2O. The zero-order valence-electron chi connectivity index (χ0n) is 8.89. The van der Waals surface area contributed by atoms with Gasteiger partial charge in [-0.05, 0) is 43.6 Å². The monoisotopic (exact) mass is 206 g/mol. The Hall–Kier alpha value is -1.06. The van der Waals surface area contributed by atoms with Gasteiger partial charge in [0.1, 0.15) is 0 Å². The van der Waals surface area contributed by atoms with Crippen molar-refractivity contribution < 1.29 is 5.11 Å². The van der Waals surface area contributed by atoms with E-state index in [-0.39, 0.29) is 6.10 Å². The molecule has 1 aliphatic rings. The summed E-state index contributed by atoms with van der Waals surface area (Å²) in [5, 5.41) is 9.99. The molecule has 3 N–H and O–H groups in total. The molecule has 1 unspecified atom stereocenters. The van der Waals surface area contributed by atoms with Crippen molar-refractivity contribution in [2.75, 3.05) is 25.4 Å². The predicted octanol–water partition coefficient (Wildman–Crippen LogP) is 1.40. The molecule has 1 aromatic rings. The Morgan fingerprint density at radius 2 is 1.80 bits per heavy atom. The maximum Gasteiger partial charge on any atom is 0.0916 e. The quantitative estimate of drug-likeness (QED) is 0.735. The van der Waals surface area contributed by atoms with Crippen molar-refractivity contribution in [3.05, 3.63) is 29.8 Å². The highest BCUT2D eigenvalue weighted by molar-refractivity contribution is 5.39. The third kappa shape index (κ3) is 2.70. The molecule has 0 aromatic heterocycles. The van der Waals surface area contributed by atoms with Crippen molar-refractivity contribution in [3.63, 3.8) is 0 Å². The molecule has 0 saturated carbocycles. The lowest BCUT2D eigenvalue weighted by molar-refractivity contribution is 0.126. The summed E-state index contributed by atoms with van der Waals surface area (Å²) in [6.07, 6.45) is 2.13. The van der Waals surface area contributed by atoms with Crippen LogP contribution in [0.5, 0.6) is 0 Å². The molecule has 15 heavy (non-hydrogen) atoms. The first-order chi connectivity index (χ1) is 7.25. The van der Waals surface area contributed by atoms with Crippen LogP contribution in [0.15, 0.2) is 24.3 Å². The first kappa shape index (κ1) is 10.5. The fraction of sp³-hybridized carbons (Fsp3) is 0.500. The highest BCUT2D eigenvalue weighted by Gasteiger charge is 2.16. The lowest BCUT2D eigenvalue weighted by Gasteiger charge is -2.19. The van der Waals surface area contributed by atoms with E-state index in [1.54, 1.807) is 0 Å². The Kier molecular flexibility index (Phi) is 3.23. The number of nitrogens with zero attached hydrogens (tertiary/aromatic N) is 1. The number of aliphatic hydroxyl groups excluding tert-OH is 1. The van der Waals surface area contributed by atoms with E-state index in [2.05, 4.69) is 4.90 Å². The number of rotatable bonds is 3. The average Bonchev–Trinajstić information content (AvgIpc) is 2.71. The number of benzene rings is 1. The van der Waals surface area contributed by atoms with Crippen molar-refractivity contribution in [1.82, 2.24) is 4.90 Å². The molecule has 1 fully saturated rings. The Labute approximate surface area is 90.5 Å². The summed E-state index contributed by atoms with van der Waals surface area (Å²) in [5.41, 5.74) is 7.30.